The molecule has 1 unspecified atom stereocenters. The highest BCUT2D eigenvalue weighted by Crippen LogP contribution is 2.13. The van der Waals surface area contributed by atoms with E-state index in [0.29, 0.717) is 12.1 Å². The number of nitriles is 2. The molecule has 4 nitrogen and oxygen atoms in total. The van der Waals surface area contributed by atoms with Gasteiger partial charge in [-0.25, -0.2) is 0 Å². The van der Waals surface area contributed by atoms with E-state index < -0.39 is 6.04 Å². The van der Waals surface area contributed by atoms with Crippen molar-refractivity contribution in [3.8, 4) is 12.1 Å². The van der Waals surface area contributed by atoms with Gasteiger partial charge in [-0.15, -0.1) is 0 Å². The minimum Gasteiger partial charge on any atom is -0.395 e. The Labute approximate surface area is 88.4 Å². The maximum atomic E-state index is 8.89. The molecule has 0 fully saturated rings. The minimum atomic E-state index is -0.481. The normalized spacial score (nSPS) is 11.4. The van der Waals surface area contributed by atoms with Crippen LogP contribution in [0.25, 0.3) is 0 Å². The Morgan fingerprint density at radius 2 is 2.20 bits per heavy atom. The van der Waals surface area contributed by atoms with Gasteiger partial charge in [-0.3, -0.25) is 5.32 Å². The summed E-state index contributed by atoms with van der Waals surface area (Å²) in [5.74, 6) is 0. The lowest BCUT2D eigenvalue weighted by atomic mass is 10.1. The lowest BCUT2D eigenvalue weighted by molar-refractivity contribution is 0.289. The summed E-state index contributed by atoms with van der Waals surface area (Å²) in [4.78, 5) is 0. The Morgan fingerprint density at radius 3 is 2.80 bits per heavy atom. The van der Waals surface area contributed by atoms with E-state index in [0.717, 1.165) is 5.56 Å². The Kier molecular flexibility index (Phi) is 4.30. The summed E-state index contributed by atoms with van der Waals surface area (Å²) in [7, 11) is 0. The number of nitrogens with zero attached hydrogens (tertiary/aromatic N) is 2. The molecule has 1 atom stereocenters. The van der Waals surface area contributed by atoms with Gasteiger partial charge in [-0.05, 0) is 17.7 Å². The van der Waals surface area contributed by atoms with E-state index in [1.165, 1.54) is 0 Å². The molecule has 0 amide bonds. The zero-order valence-corrected chi connectivity index (χ0v) is 8.14. The van der Waals surface area contributed by atoms with Gasteiger partial charge in [0.25, 0.3) is 0 Å². The van der Waals surface area contributed by atoms with Crippen LogP contribution in [0, 0.1) is 22.7 Å². The fourth-order valence-corrected chi connectivity index (χ4v) is 1.23. The summed E-state index contributed by atoms with van der Waals surface area (Å²) >= 11 is 0. The Balaban J connectivity index is 2.84. The SMILES string of the molecule is N#Cc1cccc(C(C#N)NCCO)c1. The number of aliphatic hydroxyl groups excluding tert-OH is 1. The molecule has 1 rings (SSSR count). The van der Waals surface area contributed by atoms with Crippen LogP contribution in [-0.4, -0.2) is 18.3 Å². The van der Waals surface area contributed by atoms with Crippen molar-refractivity contribution in [1.82, 2.24) is 5.32 Å². The first-order valence-electron chi connectivity index (χ1n) is 4.55. The Morgan fingerprint density at radius 1 is 1.40 bits per heavy atom. The maximum Gasteiger partial charge on any atom is 0.121 e. The van der Waals surface area contributed by atoms with Crippen LogP contribution in [0.5, 0.6) is 0 Å². The Hall–Kier alpha value is -1.88. The second-order valence-electron chi connectivity index (χ2n) is 2.98. The molecule has 76 valence electrons. The molecule has 0 bridgehead atoms. The second kappa shape index (κ2) is 5.77. The van der Waals surface area contributed by atoms with E-state index in [-0.39, 0.29) is 6.61 Å². The van der Waals surface area contributed by atoms with Gasteiger partial charge in [0.1, 0.15) is 6.04 Å². The third-order valence-electron chi connectivity index (χ3n) is 1.94. The highest BCUT2D eigenvalue weighted by Gasteiger charge is 2.09. The predicted octanol–water partition coefficient (Wildman–Crippen LogP) is 0.705. The van der Waals surface area contributed by atoms with Crippen LogP contribution in [0.4, 0.5) is 0 Å². The van der Waals surface area contributed by atoms with E-state index in [2.05, 4.69) is 11.4 Å². The second-order valence-corrected chi connectivity index (χ2v) is 2.98. The third-order valence-corrected chi connectivity index (χ3v) is 1.94. The average molecular weight is 201 g/mol. The summed E-state index contributed by atoms with van der Waals surface area (Å²) in [6, 6.07) is 10.5. The molecule has 0 heterocycles. The maximum absolute atomic E-state index is 8.89. The van der Waals surface area contributed by atoms with Crippen LogP contribution in [0.2, 0.25) is 0 Å². The zero-order chi connectivity index (χ0) is 11.1. The van der Waals surface area contributed by atoms with Crippen LogP contribution in [0.3, 0.4) is 0 Å². The molecule has 0 saturated carbocycles. The number of hydrogen-bond donors (Lipinski definition) is 2. The molecule has 0 spiro atoms. The molecule has 1 aromatic rings. The summed E-state index contributed by atoms with van der Waals surface area (Å²) in [5, 5.41) is 29.1. The van der Waals surface area contributed by atoms with Gasteiger partial charge in [0, 0.05) is 6.54 Å². The topological polar surface area (TPSA) is 79.8 Å². The summed E-state index contributed by atoms with van der Waals surface area (Å²) in [6.45, 7) is 0.338. The standard InChI is InChI=1S/C11H11N3O/c12-7-9-2-1-3-10(6-9)11(8-13)14-4-5-15/h1-3,6,11,14-15H,4-5H2. The molecule has 1 aromatic carbocycles. The predicted molar refractivity (Wildman–Crippen MR) is 54.6 cm³/mol. The molecule has 2 N–H and O–H groups in total. The first-order chi connectivity index (χ1) is 7.31. The molecule has 4 heteroatoms. The van der Waals surface area contributed by atoms with Gasteiger partial charge >= 0.3 is 0 Å². The van der Waals surface area contributed by atoms with Crippen LogP contribution in [0.1, 0.15) is 17.2 Å². The van der Waals surface area contributed by atoms with Crippen molar-refractivity contribution in [2.24, 2.45) is 0 Å². The third kappa shape index (κ3) is 3.07. The lowest BCUT2D eigenvalue weighted by Gasteiger charge is -2.10. The number of aliphatic hydroxyl groups is 1. The number of rotatable bonds is 4. The number of benzene rings is 1. The molecule has 0 aliphatic rings. The van der Waals surface area contributed by atoms with Crippen molar-refractivity contribution in [3.05, 3.63) is 35.4 Å². The molecule has 0 aliphatic carbocycles. The monoisotopic (exact) mass is 201 g/mol. The van der Waals surface area contributed by atoms with Crippen LogP contribution < -0.4 is 5.32 Å². The van der Waals surface area contributed by atoms with Crippen LogP contribution in [-0.2, 0) is 0 Å². The first-order valence-corrected chi connectivity index (χ1v) is 4.55. The van der Waals surface area contributed by atoms with Gasteiger partial charge in [-0.2, -0.15) is 10.5 Å². The van der Waals surface area contributed by atoms with Gasteiger partial charge in [-0.1, -0.05) is 12.1 Å². The van der Waals surface area contributed by atoms with Crippen molar-refractivity contribution in [3.63, 3.8) is 0 Å². The van der Waals surface area contributed by atoms with Gasteiger partial charge < -0.3 is 5.11 Å². The van der Waals surface area contributed by atoms with E-state index in [1.807, 2.05) is 6.07 Å². The summed E-state index contributed by atoms with van der Waals surface area (Å²) < 4.78 is 0. The smallest absolute Gasteiger partial charge is 0.121 e. The fraction of sp³-hybridized carbons (Fsp3) is 0.273. The van der Waals surface area contributed by atoms with Gasteiger partial charge in [0.05, 0.1) is 24.3 Å². The van der Waals surface area contributed by atoms with Crippen LogP contribution >= 0.6 is 0 Å². The molecule has 15 heavy (non-hydrogen) atoms. The number of nitrogens with one attached hydrogen (secondary N) is 1. The van der Waals surface area contributed by atoms with E-state index >= 15 is 0 Å². The summed E-state index contributed by atoms with van der Waals surface area (Å²) in [6.07, 6.45) is 0. The van der Waals surface area contributed by atoms with E-state index in [9.17, 15) is 0 Å². The molecular weight excluding hydrogens is 190 g/mol. The summed E-state index contributed by atoms with van der Waals surface area (Å²) in [5.41, 5.74) is 1.27. The van der Waals surface area contributed by atoms with Gasteiger partial charge in [0.2, 0.25) is 0 Å². The molecule has 0 saturated heterocycles. The van der Waals surface area contributed by atoms with Crippen LogP contribution in [0.15, 0.2) is 24.3 Å². The lowest BCUT2D eigenvalue weighted by Crippen LogP contribution is -2.23. The Bertz CT molecular complexity index is 403. The van der Waals surface area contributed by atoms with E-state index in [1.54, 1.807) is 24.3 Å². The van der Waals surface area contributed by atoms with Crippen molar-refractivity contribution < 1.29 is 5.11 Å². The average Bonchev–Trinajstić information content (AvgIpc) is 2.30. The number of hydrogen-bond acceptors (Lipinski definition) is 4. The fourth-order valence-electron chi connectivity index (χ4n) is 1.23. The zero-order valence-electron chi connectivity index (χ0n) is 8.14. The van der Waals surface area contributed by atoms with Crippen molar-refractivity contribution in [1.29, 1.82) is 10.5 Å². The van der Waals surface area contributed by atoms with Gasteiger partial charge in [0.15, 0.2) is 0 Å². The minimum absolute atomic E-state index is 0.0177. The van der Waals surface area contributed by atoms with Crippen molar-refractivity contribution in [2.45, 2.75) is 6.04 Å². The molecule has 0 aromatic heterocycles. The molecular formula is C11H11N3O. The van der Waals surface area contributed by atoms with Crippen molar-refractivity contribution in [2.75, 3.05) is 13.2 Å². The highest BCUT2D eigenvalue weighted by atomic mass is 16.3. The molecule has 0 aliphatic heterocycles. The quantitative estimate of drug-likeness (QED) is 0.751. The highest BCUT2D eigenvalue weighted by molar-refractivity contribution is 5.35. The first kappa shape index (κ1) is 11.2. The molecule has 0 radical (unpaired) electrons. The largest absolute Gasteiger partial charge is 0.395 e. The van der Waals surface area contributed by atoms with Crippen molar-refractivity contribution >= 4 is 0 Å². The van der Waals surface area contributed by atoms with E-state index in [4.69, 9.17) is 15.6 Å².